The van der Waals surface area contributed by atoms with Crippen molar-refractivity contribution in [3.8, 4) is 11.6 Å². The standard InChI is InChI=1S/C16H9F5N2O3S/c1-7-12-11(27(24,25)16(7,20)21)6-23-15(13(12)14(18)19)26-10-4-8(17)3-9(5-10)22-2/h3-7,14H,1H3. The molecule has 11 heteroatoms. The number of hydrogen-bond donors (Lipinski definition) is 0. The maximum absolute atomic E-state index is 14.1. The second kappa shape index (κ2) is 6.16. The number of sulfone groups is 1. The Bertz CT molecular complexity index is 1080. The molecule has 0 fully saturated rings. The van der Waals surface area contributed by atoms with Gasteiger partial charge in [-0.05, 0) is 17.7 Å². The van der Waals surface area contributed by atoms with E-state index in [0.717, 1.165) is 25.1 Å². The van der Waals surface area contributed by atoms with Crippen molar-refractivity contribution in [1.29, 1.82) is 0 Å². The molecule has 1 aromatic carbocycles. The van der Waals surface area contributed by atoms with Crippen molar-refractivity contribution in [3.63, 3.8) is 0 Å². The topological polar surface area (TPSA) is 60.6 Å². The molecule has 0 N–H and O–H groups in total. The molecule has 1 aliphatic rings. The van der Waals surface area contributed by atoms with Crippen LogP contribution in [-0.2, 0) is 9.84 Å². The van der Waals surface area contributed by atoms with Gasteiger partial charge in [0.15, 0.2) is 5.69 Å². The van der Waals surface area contributed by atoms with E-state index in [4.69, 9.17) is 11.3 Å². The van der Waals surface area contributed by atoms with Crippen molar-refractivity contribution in [2.24, 2.45) is 0 Å². The molecule has 3 rings (SSSR count). The second-order valence-corrected chi connectivity index (χ2v) is 7.69. The zero-order valence-corrected chi connectivity index (χ0v) is 14.2. The fourth-order valence-corrected chi connectivity index (χ4v) is 4.43. The second-order valence-electron chi connectivity index (χ2n) is 5.70. The lowest BCUT2D eigenvalue weighted by molar-refractivity contribution is 0.0704. The lowest BCUT2D eigenvalue weighted by Crippen LogP contribution is -2.27. The van der Waals surface area contributed by atoms with Crippen LogP contribution >= 0.6 is 0 Å². The summed E-state index contributed by atoms with van der Waals surface area (Å²) in [5.74, 6) is -4.15. The van der Waals surface area contributed by atoms with E-state index in [1.807, 2.05) is 0 Å². The summed E-state index contributed by atoms with van der Waals surface area (Å²) in [6.07, 6.45) is -2.87. The Kier molecular flexibility index (Phi) is 4.34. The number of aromatic nitrogens is 1. The van der Waals surface area contributed by atoms with Crippen LogP contribution in [0.25, 0.3) is 4.85 Å². The van der Waals surface area contributed by atoms with Crippen LogP contribution < -0.4 is 4.74 Å². The van der Waals surface area contributed by atoms with Gasteiger partial charge in [0.1, 0.15) is 11.6 Å². The van der Waals surface area contributed by atoms with E-state index < -0.39 is 55.2 Å². The van der Waals surface area contributed by atoms with Crippen LogP contribution in [0.4, 0.5) is 27.6 Å². The summed E-state index contributed by atoms with van der Waals surface area (Å²) in [6.45, 7) is 7.66. The fraction of sp³-hybridized carbons (Fsp3) is 0.250. The molecule has 0 aliphatic carbocycles. The Morgan fingerprint density at radius 2 is 1.96 bits per heavy atom. The first-order valence-corrected chi connectivity index (χ1v) is 8.78. The largest absolute Gasteiger partial charge is 0.440 e. The van der Waals surface area contributed by atoms with Gasteiger partial charge in [-0.1, -0.05) is 6.92 Å². The highest BCUT2D eigenvalue weighted by Gasteiger charge is 2.60. The van der Waals surface area contributed by atoms with Crippen molar-refractivity contribution >= 4 is 15.5 Å². The predicted octanol–water partition coefficient (Wildman–Crippen LogP) is 4.98. The molecule has 0 saturated heterocycles. The maximum atomic E-state index is 14.1. The Labute approximate surface area is 150 Å². The van der Waals surface area contributed by atoms with Crippen LogP contribution in [0.3, 0.4) is 0 Å². The van der Waals surface area contributed by atoms with Crippen molar-refractivity contribution in [1.82, 2.24) is 4.98 Å². The monoisotopic (exact) mass is 404 g/mol. The van der Waals surface area contributed by atoms with Crippen LogP contribution in [-0.4, -0.2) is 18.7 Å². The molecule has 0 radical (unpaired) electrons. The van der Waals surface area contributed by atoms with Gasteiger partial charge < -0.3 is 4.74 Å². The van der Waals surface area contributed by atoms with Gasteiger partial charge in [-0.15, -0.1) is 0 Å². The summed E-state index contributed by atoms with van der Waals surface area (Å²) in [4.78, 5) is 5.42. The highest BCUT2D eigenvalue weighted by molar-refractivity contribution is 7.92. The summed E-state index contributed by atoms with van der Waals surface area (Å²) >= 11 is 0. The zero-order chi connectivity index (χ0) is 20.1. The SMILES string of the molecule is [C-]#[N+]c1cc(F)cc(Oc2ncc3c(c2C(F)F)C(C)C(F)(F)S3(=O)=O)c1. The van der Waals surface area contributed by atoms with Gasteiger partial charge >= 0.3 is 5.25 Å². The number of nitrogens with zero attached hydrogens (tertiary/aromatic N) is 2. The summed E-state index contributed by atoms with van der Waals surface area (Å²) in [7, 11) is -5.18. The minimum absolute atomic E-state index is 0.188. The number of alkyl halides is 4. The van der Waals surface area contributed by atoms with E-state index in [2.05, 4.69) is 9.83 Å². The third kappa shape index (κ3) is 2.80. The molecule has 2 aromatic rings. The molecule has 1 atom stereocenters. The lowest BCUT2D eigenvalue weighted by atomic mass is 9.97. The Morgan fingerprint density at radius 3 is 2.56 bits per heavy atom. The van der Waals surface area contributed by atoms with Gasteiger partial charge in [-0.25, -0.2) is 31.4 Å². The van der Waals surface area contributed by atoms with E-state index in [-0.39, 0.29) is 11.4 Å². The average Bonchev–Trinajstić information content (AvgIpc) is 2.71. The molecule has 0 spiro atoms. The highest BCUT2D eigenvalue weighted by Crippen LogP contribution is 2.54. The van der Waals surface area contributed by atoms with Gasteiger partial charge in [-0.2, -0.15) is 8.78 Å². The zero-order valence-electron chi connectivity index (χ0n) is 13.4. The molecule has 142 valence electrons. The van der Waals surface area contributed by atoms with Gasteiger partial charge in [0, 0.05) is 6.07 Å². The van der Waals surface area contributed by atoms with Crippen LogP contribution in [0.2, 0.25) is 0 Å². The number of rotatable bonds is 3. The molecule has 2 heterocycles. The Balaban J connectivity index is 2.20. The molecule has 1 aliphatic heterocycles. The third-order valence-corrected chi connectivity index (χ3v) is 6.06. The molecule has 0 amide bonds. The number of hydrogen-bond acceptors (Lipinski definition) is 4. The highest BCUT2D eigenvalue weighted by atomic mass is 32.2. The number of ether oxygens (including phenoxy) is 1. The summed E-state index contributed by atoms with van der Waals surface area (Å²) in [5, 5.41) is -4.28. The minimum atomic E-state index is -5.18. The predicted molar refractivity (Wildman–Crippen MR) is 82.5 cm³/mol. The van der Waals surface area contributed by atoms with Crippen LogP contribution in [0.15, 0.2) is 29.3 Å². The van der Waals surface area contributed by atoms with E-state index in [9.17, 15) is 30.4 Å². The van der Waals surface area contributed by atoms with Gasteiger partial charge in [0.05, 0.1) is 29.1 Å². The molecule has 1 unspecified atom stereocenters. The molecule has 1 aromatic heterocycles. The van der Waals surface area contributed by atoms with Gasteiger partial charge in [0.25, 0.3) is 6.43 Å². The van der Waals surface area contributed by atoms with Crippen molar-refractivity contribution < 1.29 is 35.1 Å². The maximum Gasteiger partial charge on any atom is 0.356 e. The van der Waals surface area contributed by atoms with E-state index in [1.165, 1.54) is 0 Å². The Morgan fingerprint density at radius 1 is 1.30 bits per heavy atom. The normalized spacial score (nSPS) is 19.6. The van der Waals surface area contributed by atoms with Crippen molar-refractivity contribution in [2.75, 3.05) is 0 Å². The smallest absolute Gasteiger partial charge is 0.356 e. The third-order valence-electron chi connectivity index (χ3n) is 4.09. The van der Waals surface area contributed by atoms with Gasteiger partial charge in [0.2, 0.25) is 15.7 Å². The minimum Gasteiger partial charge on any atom is -0.440 e. The fourth-order valence-electron chi connectivity index (χ4n) is 2.79. The van der Waals surface area contributed by atoms with Gasteiger partial charge in [-0.3, -0.25) is 0 Å². The molecule has 0 bridgehead atoms. The van der Waals surface area contributed by atoms with E-state index in [0.29, 0.717) is 6.20 Å². The van der Waals surface area contributed by atoms with Crippen molar-refractivity contribution in [3.05, 3.63) is 52.8 Å². The molecule has 0 saturated carbocycles. The number of pyridine rings is 1. The number of benzene rings is 1. The number of fused-ring (bicyclic) bond motifs is 1. The number of halogens is 5. The lowest BCUT2D eigenvalue weighted by Gasteiger charge is -2.16. The molecular weight excluding hydrogens is 395 g/mol. The van der Waals surface area contributed by atoms with E-state index in [1.54, 1.807) is 0 Å². The first-order chi connectivity index (χ1) is 12.5. The first kappa shape index (κ1) is 19.0. The van der Waals surface area contributed by atoms with Crippen LogP contribution in [0.5, 0.6) is 11.6 Å². The summed E-state index contributed by atoms with van der Waals surface area (Å²) < 4.78 is 97.8. The van der Waals surface area contributed by atoms with Crippen LogP contribution in [0, 0.1) is 12.4 Å². The van der Waals surface area contributed by atoms with Crippen molar-refractivity contribution in [2.45, 2.75) is 29.4 Å². The summed E-state index contributed by atoms with van der Waals surface area (Å²) in [5.41, 5.74) is -2.09. The Hall–Kier alpha value is -2.74. The van der Waals surface area contributed by atoms with E-state index >= 15 is 0 Å². The molecular formula is C16H9F5N2O3S. The first-order valence-electron chi connectivity index (χ1n) is 7.30. The quantitative estimate of drug-likeness (QED) is 0.535. The summed E-state index contributed by atoms with van der Waals surface area (Å²) in [6, 6.07) is 2.70. The molecule has 5 nitrogen and oxygen atoms in total. The molecule has 27 heavy (non-hydrogen) atoms. The average molecular weight is 404 g/mol. The van der Waals surface area contributed by atoms with Crippen LogP contribution in [0.1, 0.15) is 30.4 Å².